The van der Waals surface area contributed by atoms with Gasteiger partial charge in [0.2, 0.25) is 0 Å². The monoisotopic (exact) mass is 342 g/mol. The smallest absolute Gasteiger partial charge is 0.335 e. The van der Waals surface area contributed by atoms with Crippen molar-refractivity contribution in [2.75, 3.05) is 0 Å². The normalized spacial score (nSPS) is 16.0. The fourth-order valence-electron chi connectivity index (χ4n) is 2.82. The first-order chi connectivity index (χ1) is 11.1. The number of ether oxygens (including phenoxy) is 1. The van der Waals surface area contributed by atoms with Crippen LogP contribution in [0.4, 0.5) is 0 Å². The van der Waals surface area contributed by atoms with Crippen LogP contribution in [-0.2, 0) is 23.9 Å². The number of hydrogen-bond donors (Lipinski definition) is 3. The van der Waals surface area contributed by atoms with Crippen molar-refractivity contribution in [3.63, 3.8) is 0 Å². The van der Waals surface area contributed by atoms with Crippen LogP contribution in [-0.4, -0.2) is 44.8 Å². The molecular formula is C16H22O8. The van der Waals surface area contributed by atoms with Crippen LogP contribution in [0.1, 0.15) is 58.3 Å². The van der Waals surface area contributed by atoms with Gasteiger partial charge in [-0.05, 0) is 38.2 Å². The van der Waals surface area contributed by atoms with E-state index in [-0.39, 0.29) is 11.1 Å². The molecule has 0 unspecified atom stereocenters. The molecule has 0 amide bonds. The van der Waals surface area contributed by atoms with E-state index in [0.29, 0.717) is 12.8 Å². The average Bonchev–Trinajstić information content (AvgIpc) is 2.43. The van der Waals surface area contributed by atoms with Crippen LogP contribution >= 0.6 is 0 Å². The largest absolute Gasteiger partial charge is 0.481 e. The molecule has 1 saturated carbocycles. The number of carbonyl (C=O) groups is 4. The zero-order valence-electron chi connectivity index (χ0n) is 13.5. The summed E-state index contributed by atoms with van der Waals surface area (Å²) in [7, 11) is 0. The van der Waals surface area contributed by atoms with Crippen LogP contribution < -0.4 is 0 Å². The van der Waals surface area contributed by atoms with Gasteiger partial charge in [0.1, 0.15) is 5.60 Å². The van der Waals surface area contributed by atoms with Crippen molar-refractivity contribution >= 4 is 23.9 Å². The summed E-state index contributed by atoms with van der Waals surface area (Å²) in [5, 5.41) is 26.8. The number of esters is 1. The Morgan fingerprint density at radius 1 is 0.833 bits per heavy atom. The van der Waals surface area contributed by atoms with E-state index in [9.17, 15) is 19.2 Å². The number of carbonyl (C=O) groups excluding carboxylic acids is 1. The number of rotatable bonds is 8. The third-order valence-corrected chi connectivity index (χ3v) is 3.98. The Bertz CT molecular complexity index is 536. The number of carboxylic acids is 3. The van der Waals surface area contributed by atoms with Crippen molar-refractivity contribution in [3.8, 4) is 0 Å². The molecule has 134 valence electrons. The molecule has 0 aromatic heterocycles. The molecule has 1 aliphatic rings. The molecule has 0 heterocycles. The summed E-state index contributed by atoms with van der Waals surface area (Å²) in [5.41, 5.74) is -1.38. The highest BCUT2D eigenvalue weighted by Gasteiger charge is 2.33. The van der Waals surface area contributed by atoms with Gasteiger partial charge in [-0.3, -0.25) is 14.4 Å². The maximum absolute atomic E-state index is 12.4. The van der Waals surface area contributed by atoms with Gasteiger partial charge in [-0.25, -0.2) is 4.79 Å². The van der Waals surface area contributed by atoms with Gasteiger partial charge in [-0.1, -0.05) is 6.42 Å². The highest BCUT2D eigenvalue weighted by atomic mass is 16.6. The number of carboxylic acid groups (broad SMARTS) is 3. The number of hydrogen-bond acceptors (Lipinski definition) is 5. The molecular weight excluding hydrogens is 320 g/mol. The van der Waals surface area contributed by atoms with Gasteiger partial charge in [-0.15, -0.1) is 0 Å². The second-order valence-electron chi connectivity index (χ2n) is 6.19. The topological polar surface area (TPSA) is 138 Å². The van der Waals surface area contributed by atoms with Gasteiger partial charge in [0, 0.05) is 5.57 Å². The highest BCUT2D eigenvalue weighted by molar-refractivity contribution is 5.96. The summed E-state index contributed by atoms with van der Waals surface area (Å²) in [4.78, 5) is 45.3. The summed E-state index contributed by atoms with van der Waals surface area (Å²) in [6.45, 7) is 1.75. The van der Waals surface area contributed by atoms with E-state index in [0.717, 1.165) is 19.3 Å². The molecule has 0 spiro atoms. The molecule has 0 bridgehead atoms. The zero-order valence-corrected chi connectivity index (χ0v) is 13.5. The fourth-order valence-corrected chi connectivity index (χ4v) is 2.82. The maximum Gasteiger partial charge on any atom is 0.335 e. The van der Waals surface area contributed by atoms with Crippen molar-refractivity contribution in [2.45, 2.75) is 63.9 Å². The van der Waals surface area contributed by atoms with Crippen molar-refractivity contribution in [3.05, 3.63) is 11.1 Å². The van der Waals surface area contributed by atoms with Crippen LogP contribution in [0.25, 0.3) is 0 Å². The van der Waals surface area contributed by atoms with Crippen LogP contribution in [0, 0.1) is 0 Å². The molecule has 0 aromatic carbocycles. The standard InChI is InChI=1S/C16H22O8/c1-16(5-3-2-4-6-16)24-15(23)11(9-14(21)22)10(7-12(17)18)8-13(19)20/h2-9H2,1H3,(H,17,18)(H,19,20)(H,21,22). The van der Waals surface area contributed by atoms with Gasteiger partial charge in [-0.2, -0.15) is 0 Å². The van der Waals surface area contributed by atoms with Crippen LogP contribution in [0.2, 0.25) is 0 Å². The first-order valence-corrected chi connectivity index (χ1v) is 7.72. The van der Waals surface area contributed by atoms with E-state index in [1.807, 2.05) is 0 Å². The Labute approximate surface area is 139 Å². The zero-order chi connectivity index (χ0) is 18.3. The van der Waals surface area contributed by atoms with Crippen LogP contribution in [0.15, 0.2) is 11.1 Å². The van der Waals surface area contributed by atoms with E-state index in [2.05, 4.69) is 0 Å². The SMILES string of the molecule is CC1(OC(=O)C(CC(=O)O)=C(CC(=O)O)CC(=O)O)CCCCC1. The third kappa shape index (κ3) is 6.39. The van der Waals surface area contributed by atoms with E-state index in [4.69, 9.17) is 20.1 Å². The van der Waals surface area contributed by atoms with Crippen LogP contribution in [0.3, 0.4) is 0 Å². The summed E-state index contributed by atoms with van der Waals surface area (Å²) >= 11 is 0. The van der Waals surface area contributed by atoms with E-state index < -0.39 is 48.7 Å². The molecule has 1 aliphatic carbocycles. The minimum atomic E-state index is -1.36. The predicted octanol–water partition coefficient (Wildman–Crippen LogP) is 1.97. The Kier molecular flexibility index (Phi) is 6.94. The summed E-state index contributed by atoms with van der Waals surface area (Å²) < 4.78 is 5.44. The first-order valence-electron chi connectivity index (χ1n) is 7.72. The van der Waals surface area contributed by atoms with E-state index in [1.165, 1.54) is 0 Å². The summed E-state index contributed by atoms with van der Waals surface area (Å²) in [5.74, 6) is -4.99. The molecule has 0 saturated heterocycles. The van der Waals surface area contributed by atoms with Crippen molar-refractivity contribution < 1.29 is 39.2 Å². The Hall–Kier alpha value is -2.38. The molecule has 8 heteroatoms. The lowest BCUT2D eigenvalue weighted by atomic mass is 9.86. The molecule has 0 atom stereocenters. The molecule has 24 heavy (non-hydrogen) atoms. The van der Waals surface area contributed by atoms with Gasteiger partial charge >= 0.3 is 23.9 Å². The minimum Gasteiger partial charge on any atom is -0.481 e. The second-order valence-corrected chi connectivity index (χ2v) is 6.19. The fraction of sp³-hybridized carbons (Fsp3) is 0.625. The first kappa shape index (κ1) is 19.7. The maximum atomic E-state index is 12.4. The van der Waals surface area contributed by atoms with Crippen molar-refractivity contribution in [1.82, 2.24) is 0 Å². The Balaban J connectivity index is 3.12. The molecule has 1 rings (SSSR count). The highest BCUT2D eigenvalue weighted by Crippen LogP contribution is 2.32. The van der Waals surface area contributed by atoms with Crippen molar-refractivity contribution in [1.29, 1.82) is 0 Å². The average molecular weight is 342 g/mol. The van der Waals surface area contributed by atoms with E-state index >= 15 is 0 Å². The number of aliphatic carboxylic acids is 3. The third-order valence-electron chi connectivity index (χ3n) is 3.98. The minimum absolute atomic E-state index is 0.248. The van der Waals surface area contributed by atoms with E-state index in [1.54, 1.807) is 6.92 Å². The van der Waals surface area contributed by atoms with Crippen molar-refractivity contribution in [2.24, 2.45) is 0 Å². The predicted molar refractivity (Wildman–Crippen MR) is 81.4 cm³/mol. The summed E-state index contributed by atoms with van der Waals surface area (Å²) in [6, 6.07) is 0. The molecule has 8 nitrogen and oxygen atoms in total. The second kappa shape index (κ2) is 8.47. The lowest BCUT2D eigenvalue weighted by molar-refractivity contribution is -0.157. The molecule has 0 radical (unpaired) electrons. The molecule has 0 aromatic rings. The molecule has 1 fully saturated rings. The lowest BCUT2D eigenvalue weighted by Gasteiger charge is -2.33. The Morgan fingerprint density at radius 3 is 1.71 bits per heavy atom. The lowest BCUT2D eigenvalue weighted by Crippen LogP contribution is -2.35. The quantitative estimate of drug-likeness (QED) is 0.449. The van der Waals surface area contributed by atoms with Gasteiger partial charge in [0.25, 0.3) is 0 Å². The summed E-state index contributed by atoms with van der Waals surface area (Å²) in [6.07, 6.45) is 1.82. The van der Waals surface area contributed by atoms with Crippen LogP contribution in [0.5, 0.6) is 0 Å². The van der Waals surface area contributed by atoms with Gasteiger partial charge < -0.3 is 20.1 Å². The van der Waals surface area contributed by atoms with Gasteiger partial charge in [0.05, 0.1) is 19.3 Å². The Morgan fingerprint density at radius 2 is 1.29 bits per heavy atom. The van der Waals surface area contributed by atoms with Gasteiger partial charge in [0.15, 0.2) is 0 Å². The molecule has 3 N–H and O–H groups in total. The molecule has 0 aliphatic heterocycles.